The summed E-state index contributed by atoms with van der Waals surface area (Å²) in [6.45, 7) is 0.993. The Kier molecular flexibility index (Phi) is 4.47. The van der Waals surface area contributed by atoms with Gasteiger partial charge in [-0.25, -0.2) is 17.5 Å². The lowest BCUT2D eigenvalue weighted by Gasteiger charge is -2.29. The largest absolute Gasteiger partial charge is 0.346 e. The minimum absolute atomic E-state index is 0.00990. The van der Waals surface area contributed by atoms with Gasteiger partial charge in [0.25, 0.3) is 10.0 Å². The lowest BCUT2D eigenvalue weighted by atomic mass is 10.1. The molecule has 1 aliphatic heterocycles. The molecule has 1 aliphatic carbocycles. The second kappa shape index (κ2) is 6.86. The number of hydrogen-bond acceptors (Lipinski definition) is 6. The van der Waals surface area contributed by atoms with Gasteiger partial charge in [-0.2, -0.15) is 5.26 Å². The van der Waals surface area contributed by atoms with Gasteiger partial charge in [0.15, 0.2) is 0 Å². The summed E-state index contributed by atoms with van der Waals surface area (Å²) in [6, 6.07) is 7.27. The van der Waals surface area contributed by atoms with E-state index in [9.17, 15) is 18.0 Å². The highest BCUT2D eigenvalue weighted by Gasteiger charge is 2.39. The van der Waals surface area contributed by atoms with Crippen molar-refractivity contribution in [3.05, 3.63) is 52.8 Å². The molecule has 148 valence electrons. The number of aryl methyl sites for hydroxylation is 2. The number of carbonyl (C=O) groups excluding carboxylic acids is 2. The molecule has 0 radical (unpaired) electrons. The van der Waals surface area contributed by atoms with E-state index in [2.05, 4.69) is 15.6 Å². The van der Waals surface area contributed by atoms with Gasteiger partial charge in [-0.3, -0.25) is 9.78 Å². The summed E-state index contributed by atoms with van der Waals surface area (Å²) >= 11 is 0. The fraction of sp³-hybridized carbons (Fsp3) is 0.263. The third-order valence-electron chi connectivity index (χ3n) is 5.01. The normalized spacial score (nSPS) is 19.0. The number of carbonyl (C=O) groups is 2. The molecule has 0 bridgehead atoms. The number of sulfonamides is 1. The van der Waals surface area contributed by atoms with Crippen LogP contribution in [-0.4, -0.2) is 36.2 Å². The monoisotopic (exact) mass is 411 g/mol. The second-order valence-electron chi connectivity index (χ2n) is 6.93. The van der Waals surface area contributed by atoms with Crippen molar-refractivity contribution in [1.82, 2.24) is 14.6 Å². The van der Waals surface area contributed by atoms with E-state index in [0.717, 1.165) is 5.56 Å². The fourth-order valence-corrected chi connectivity index (χ4v) is 5.33. The summed E-state index contributed by atoms with van der Waals surface area (Å²) in [5.74, 6) is -0.607. The van der Waals surface area contributed by atoms with Gasteiger partial charge in [-0.15, -0.1) is 0 Å². The summed E-state index contributed by atoms with van der Waals surface area (Å²) in [7, 11) is -4.15. The Morgan fingerprint density at radius 1 is 1.45 bits per heavy atom. The van der Waals surface area contributed by atoms with Crippen LogP contribution in [0.5, 0.6) is 0 Å². The summed E-state index contributed by atoms with van der Waals surface area (Å²) in [5, 5.41) is 14.2. The van der Waals surface area contributed by atoms with Crippen molar-refractivity contribution in [3.63, 3.8) is 0 Å². The van der Waals surface area contributed by atoms with Crippen LogP contribution in [0.2, 0.25) is 0 Å². The Labute approximate surface area is 167 Å². The SMILES string of the molecule is Cc1cccc2c1S(=O)(=O)N(CC(=O)N[C@@H]1CCc3cc(C#N)cnc31)C(=O)N2. The zero-order chi connectivity index (χ0) is 20.8. The number of urea groups is 1. The van der Waals surface area contributed by atoms with Crippen molar-refractivity contribution in [2.24, 2.45) is 0 Å². The molecule has 0 unspecified atom stereocenters. The van der Waals surface area contributed by atoms with Crippen LogP contribution in [0, 0.1) is 18.3 Å². The number of nitrogens with one attached hydrogen (secondary N) is 2. The molecule has 1 aromatic heterocycles. The first-order chi connectivity index (χ1) is 13.8. The molecule has 9 nitrogen and oxygen atoms in total. The minimum atomic E-state index is -4.15. The van der Waals surface area contributed by atoms with Gasteiger partial charge in [0.2, 0.25) is 5.91 Å². The molecule has 1 aromatic carbocycles. The maximum absolute atomic E-state index is 12.9. The first kappa shape index (κ1) is 18.9. The van der Waals surface area contributed by atoms with Crippen molar-refractivity contribution in [1.29, 1.82) is 5.26 Å². The fourth-order valence-electron chi connectivity index (χ4n) is 3.69. The number of nitriles is 1. The topological polar surface area (TPSA) is 132 Å². The summed E-state index contributed by atoms with van der Waals surface area (Å²) in [4.78, 5) is 29.1. The third-order valence-corrected chi connectivity index (χ3v) is 6.95. The number of rotatable bonds is 3. The van der Waals surface area contributed by atoms with Gasteiger partial charge >= 0.3 is 6.03 Å². The van der Waals surface area contributed by atoms with Crippen LogP contribution in [0.1, 0.15) is 34.8 Å². The molecule has 2 aromatic rings. The van der Waals surface area contributed by atoms with E-state index in [4.69, 9.17) is 5.26 Å². The quantitative estimate of drug-likeness (QED) is 0.788. The maximum Gasteiger partial charge on any atom is 0.336 e. The molecule has 0 spiro atoms. The molecular formula is C19H17N5O4S. The number of aromatic nitrogens is 1. The molecule has 10 heteroatoms. The number of anilines is 1. The third kappa shape index (κ3) is 3.19. The van der Waals surface area contributed by atoms with Gasteiger partial charge in [-0.1, -0.05) is 12.1 Å². The standard InChI is InChI=1S/C19H17N5O4S/c1-11-3-2-4-15-18(11)29(27,28)24(19(26)23-15)10-16(25)22-14-6-5-13-7-12(8-20)9-21-17(13)14/h2-4,7,9,14H,5-6,10H2,1H3,(H,22,25)(H,23,26)/t14-/m1/s1. The van der Waals surface area contributed by atoms with Gasteiger partial charge in [0.1, 0.15) is 17.5 Å². The lowest BCUT2D eigenvalue weighted by Crippen LogP contribution is -2.49. The number of benzene rings is 1. The Hall–Kier alpha value is -3.45. The maximum atomic E-state index is 12.9. The van der Waals surface area contributed by atoms with Gasteiger partial charge in [0.05, 0.1) is 23.0 Å². The van der Waals surface area contributed by atoms with E-state index in [0.29, 0.717) is 34.0 Å². The molecule has 0 saturated heterocycles. The van der Waals surface area contributed by atoms with E-state index in [1.165, 1.54) is 12.3 Å². The lowest BCUT2D eigenvalue weighted by molar-refractivity contribution is -0.121. The molecular weight excluding hydrogens is 394 g/mol. The van der Waals surface area contributed by atoms with E-state index >= 15 is 0 Å². The Morgan fingerprint density at radius 3 is 3.00 bits per heavy atom. The molecule has 29 heavy (non-hydrogen) atoms. The summed E-state index contributed by atoms with van der Waals surface area (Å²) in [5.41, 5.74) is 2.66. The Bertz CT molecular complexity index is 1190. The average Bonchev–Trinajstić information content (AvgIpc) is 3.06. The molecule has 2 aliphatic rings. The zero-order valence-corrected chi connectivity index (χ0v) is 16.3. The number of fused-ring (bicyclic) bond motifs is 2. The molecule has 0 saturated carbocycles. The molecule has 1 atom stereocenters. The number of nitrogens with zero attached hydrogens (tertiary/aromatic N) is 3. The predicted octanol–water partition coefficient (Wildman–Crippen LogP) is 1.60. The molecule has 2 N–H and O–H groups in total. The van der Waals surface area contributed by atoms with Crippen LogP contribution in [0.25, 0.3) is 0 Å². The van der Waals surface area contributed by atoms with Gasteiger partial charge < -0.3 is 10.6 Å². The van der Waals surface area contributed by atoms with Crippen LogP contribution >= 0.6 is 0 Å². The molecule has 2 heterocycles. The number of pyridine rings is 1. The Morgan fingerprint density at radius 2 is 2.24 bits per heavy atom. The van der Waals surface area contributed by atoms with Crippen molar-refractivity contribution in [3.8, 4) is 6.07 Å². The van der Waals surface area contributed by atoms with E-state index < -0.39 is 34.5 Å². The number of amides is 3. The summed E-state index contributed by atoms with van der Waals surface area (Å²) in [6.07, 6.45) is 2.67. The van der Waals surface area contributed by atoms with Crippen LogP contribution in [0.3, 0.4) is 0 Å². The number of hydrogen-bond donors (Lipinski definition) is 2. The van der Waals surface area contributed by atoms with Gasteiger partial charge in [0, 0.05) is 6.20 Å². The van der Waals surface area contributed by atoms with Crippen molar-refractivity contribution < 1.29 is 18.0 Å². The van der Waals surface area contributed by atoms with Crippen molar-refractivity contribution in [2.75, 3.05) is 11.9 Å². The average molecular weight is 411 g/mol. The Balaban J connectivity index is 1.54. The van der Waals surface area contributed by atoms with Crippen LogP contribution in [0.15, 0.2) is 35.4 Å². The second-order valence-corrected chi connectivity index (χ2v) is 8.73. The minimum Gasteiger partial charge on any atom is -0.346 e. The highest BCUT2D eigenvalue weighted by Crippen LogP contribution is 2.33. The molecule has 0 fully saturated rings. The summed E-state index contributed by atoms with van der Waals surface area (Å²) < 4.78 is 26.4. The zero-order valence-electron chi connectivity index (χ0n) is 15.5. The molecule has 3 amide bonds. The van der Waals surface area contributed by atoms with Crippen LogP contribution in [-0.2, 0) is 21.2 Å². The van der Waals surface area contributed by atoms with Crippen LogP contribution < -0.4 is 10.6 Å². The predicted molar refractivity (Wildman–Crippen MR) is 102 cm³/mol. The van der Waals surface area contributed by atoms with E-state index in [-0.39, 0.29) is 10.6 Å². The van der Waals surface area contributed by atoms with E-state index in [1.807, 2.05) is 6.07 Å². The highest BCUT2D eigenvalue weighted by atomic mass is 32.2. The van der Waals surface area contributed by atoms with Crippen LogP contribution in [0.4, 0.5) is 10.5 Å². The van der Waals surface area contributed by atoms with Crippen molar-refractivity contribution in [2.45, 2.75) is 30.7 Å². The molecule has 4 rings (SSSR count). The smallest absolute Gasteiger partial charge is 0.336 e. The first-order valence-electron chi connectivity index (χ1n) is 8.93. The first-order valence-corrected chi connectivity index (χ1v) is 10.4. The van der Waals surface area contributed by atoms with E-state index in [1.54, 1.807) is 25.1 Å². The highest BCUT2D eigenvalue weighted by molar-refractivity contribution is 7.90. The van der Waals surface area contributed by atoms with Gasteiger partial charge in [-0.05, 0) is 43.0 Å². The van der Waals surface area contributed by atoms with Crippen molar-refractivity contribution >= 4 is 27.6 Å².